The van der Waals surface area contributed by atoms with Gasteiger partial charge >= 0.3 is 5.97 Å². The molecule has 0 saturated carbocycles. The Kier molecular flexibility index (Phi) is 4.42. The Morgan fingerprint density at radius 3 is 2.84 bits per heavy atom. The Morgan fingerprint density at radius 1 is 1.47 bits per heavy atom. The van der Waals surface area contributed by atoms with Gasteiger partial charge in [0.1, 0.15) is 5.92 Å². The third kappa shape index (κ3) is 2.90. The third-order valence-corrected chi connectivity index (χ3v) is 4.17. The molecule has 0 aliphatic carbocycles. The number of carbonyl (C=O) groups is 2. The summed E-state index contributed by atoms with van der Waals surface area (Å²) >= 11 is 0. The van der Waals surface area contributed by atoms with Crippen molar-refractivity contribution in [3.63, 3.8) is 0 Å². The van der Waals surface area contributed by atoms with Crippen LogP contribution in [0.25, 0.3) is 0 Å². The summed E-state index contributed by atoms with van der Waals surface area (Å²) in [5, 5.41) is 15.2. The lowest BCUT2D eigenvalue weighted by atomic mass is 9.81. The zero-order valence-electron chi connectivity index (χ0n) is 11.3. The van der Waals surface area contributed by atoms with E-state index in [1.54, 1.807) is 0 Å². The highest BCUT2D eigenvalue weighted by Gasteiger charge is 2.43. The summed E-state index contributed by atoms with van der Waals surface area (Å²) < 4.78 is 5.18. The van der Waals surface area contributed by atoms with Gasteiger partial charge in [-0.05, 0) is 19.4 Å². The van der Waals surface area contributed by atoms with Crippen molar-refractivity contribution < 1.29 is 19.4 Å². The zero-order valence-corrected chi connectivity index (χ0v) is 11.3. The molecule has 108 valence electrons. The summed E-state index contributed by atoms with van der Waals surface area (Å²) in [5.74, 6) is -1.56. The van der Waals surface area contributed by atoms with E-state index in [1.165, 1.54) is 0 Å². The molecule has 2 heterocycles. The van der Waals surface area contributed by atoms with E-state index in [9.17, 15) is 9.59 Å². The van der Waals surface area contributed by atoms with E-state index in [-0.39, 0.29) is 17.9 Å². The summed E-state index contributed by atoms with van der Waals surface area (Å²) in [6.07, 6.45) is 2.59. The molecule has 19 heavy (non-hydrogen) atoms. The van der Waals surface area contributed by atoms with Crippen LogP contribution in [-0.4, -0.2) is 49.3 Å². The van der Waals surface area contributed by atoms with Crippen LogP contribution in [0.3, 0.4) is 0 Å². The van der Waals surface area contributed by atoms with E-state index >= 15 is 0 Å². The molecule has 6 nitrogen and oxygen atoms in total. The number of carboxylic acid groups (broad SMARTS) is 1. The first-order valence-electron chi connectivity index (χ1n) is 6.91. The van der Waals surface area contributed by atoms with E-state index < -0.39 is 17.9 Å². The summed E-state index contributed by atoms with van der Waals surface area (Å²) in [7, 11) is 0. The van der Waals surface area contributed by atoms with Crippen molar-refractivity contribution in [2.24, 2.45) is 11.3 Å². The van der Waals surface area contributed by atoms with Crippen molar-refractivity contribution in [2.45, 2.75) is 32.2 Å². The number of carbonyl (C=O) groups excluding carboxylic acids is 1. The van der Waals surface area contributed by atoms with Crippen molar-refractivity contribution in [2.75, 3.05) is 26.3 Å². The van der Waals surface area contributed by atoms with Gasteiger partial charge in [-0.1, -0.05) is 13.3 Å². The molecule has 2 saturated heterocycles. The van der Waals surface area contributed by atoms with Crippen LogP contribution in [0.15, 0.2) is 0 Å². The fourth-order valence-electron chi connectivity index (χ4n) is 3.00. The van der Waals surface area contributed by atoms with Gasteiger partial charge in [0.15, 0.2) is 0 Å². The van der Waals surface area contributed by atoms with Crippen molar-refractivity contribution in [1.29, 1.82) is 0 Å². The Labute approximate surface area is 112 Å². The van der Waals surface area contributed by atoms with Crippen LogP contribution < -0.4 is 10.6 Å². The Bertz CT molecular complexity index is 353. The second kappa shape index (κ2) is 5.88. The maximum Gasteiger partial charge on any atom is 0.311 e. The number of hydrogen-bond acceptors (Lipinski definition) is 4. The summed E-state index contributed by atoms with van der Waals surface area (Å²) in [4.78, 5) is 23.6. The largest absolute Gasteiger partial charge is 0.481 e. The van der Waals surface area contributed by atoms with Gasteiger partial charge in [0.2, 0.25) is 5.91 Å². The molecule has 2 rings (SSSR count). The quantitative estimate of drug-likeness (QED) is 0.653. The molecule has 2 fully saturated rings. The average molecular weight is 270 g/mol. The van der Waals surface area contributed by atoms with Crippen LogP contribution in [0, 0.1) is 11.3 Å². The Morgan fingerprint density at radius 2 is 2.26 bits per heavy atom. The van der Waals surface area contributed by atoms with Gasteiger partial charge in [0.25, 0.3) is 0 Å². The highest BCUT2D eigenvalue weighted by molar-refractivity contribution is 5.84. The minimum atomic E-state index is -0.906. The molecule has 0 bridgehead atoms. The maximum atomic E-state index is 12.5. The minimum absolute atomic E-state index is 0.0268. The van der Waals surface area contributed by atoms with Gasteiger partial charge in [0, 0.05) is 6.54 Å². The van der Waals surface area contributed by atoms with Crippen molar-refractivity contribution in [3.05, 3.63) is 0 Å². The van der Waals surface area contributed by atoms with Crippen LogP contribution in [0.5, 0.6) is 0 Å². The summed E-state index contributed by atoms with van der Waals surface area (Å²) in [5.41, 5.74) is -0.375. The SMILES string of the molecule is CCCC1(C(=O)NC2COCC2C(=O)O)CCNC1. The smallest absolute Gasteiger partial charge is 0.311 e. The van der Waals surface area contributed by atoms with E-state index in [4.69, 9.17) is 9.84 Å². The predicted molar refractivity (Wildman–Crippen MR) is 68.7 cm³/mol. The lowest BCUT2D eigenvalue weighted by molar-refractivity contribution is -0.142. The monoisotopic (exact) mass is 270 g/mol. The number of carboxylic acids is 1. The van der Waals surface area contributed by atoms with Crippen molar-refractivity contribution in [3.8, 4) is 0 Å². The van der Waals surface area contributed by atoms with E-state index in [2.05, 4.69) is 17.6 Å². The molecule has 1 amide bonds. The molecule has 2 aliphatic heterocycles. The van der Waals surface area contributed by atoms with E-state index in [0.29, 0.717) is 13.2 Å². The minimum Gasteiger partial charge on any atom is -0.481 e. The molecule has 0 aromatic carbocycles. The average Bonchev–Trinajstić information content (AvgIpc) is 2.99. The van der Waals surface area contributed by atoms with Crippen molar-refractivity contribution in [1.82, 2.24) is 10.6 Å². The van der Waals surface area contributed by atoms with Crippen molar-refractivity contribution >= 4 is 11.9 Å². The fraction of sp³-hybridized carbons (Fsp3) is 0.846. The van der Waals surface area contributed by atoms with Crippen LogP contribution >= 0.6 is 0 Å². The molecule has 3 unspecified atom stereocenters. The van der Waals surface area contributed by atoms with Gasteiger partial charge in [-0.3, -0.25) is 9.59 Å². The second-order valence-electron chi connectivity index (χ2n) is 5.52. The molecule has 0 aromatic heterocycles. The number of nitrogens with one attached hydrogen (secondary N) is 2. The molecular formula is C13H22N2O4. The Balaban J connectivity index is 2.01. The van der Waals surface area contributed by atoms with Crippen LogP contribution in [0.2, 0.25) is 0 Å². The van der Waals surface area contributed by atoms with E-state index in [1.807, 2.05) is 0 Å². The molecule has 6 heteroatoms. The van der Waals surface area contributed by atoms with Crippen LogP contribution in [0.1, 0.15) is 26.2 Å². The molecular weight excluding hydrogens is 248 g/mol. The van der Waals surface area contributed by atoms with E-state index in [0.717, 1.165) is 25.8 Å². The number of rotatable bonds is 5. The topological polar surface area (TPSA) is 87.7 Å². The number of hydrogen-bond donors (Lipinski definition) is 3. The predicted octanol–water partition coefficient (Wildman–Crippen LogP) is -0.0180. The lowest BCUT2D eigenvalue weighted by Crippen LogP contribution is -2.50. The summed E-state index contributed by atoms with van der Waals surface area (Å²) in [6.45, 7) is 4.05. The Hall–Kier alpha value is -1.14. The van der Waals surface area contributed by atoms with Crippen LogP contribution in [0.4, 0.5) is 0 Å². The summed E-state index contributed by atoms with van der Waals surface area (Å²) in [6, 6.07) is -0.403. The van der Waals surface area contributed by atoms with Gasteiger partial charge in [-0.15, -0.1) is 0 Å². The van der Waals surface area contributed by atoms with Crippen LogP contribution in [-0.2, 0) is 14.3 Å². The molecule has 3 N–H and O–H groups in total. The molecule has 0 aromatic rings. The highest BCUT2D eigenvalue weighted by Crippen LogP contribution is 2.32. The number of amides is 1. The first kappa shape index (κ1) is 14.3. The molecule has 3 atom stereocenters. The highest BCUT2D eigenvalue weighted by atomic mass is 16.5. The normalized spacial score (nSPS) is 34.4. The molecule has 0 spiro atoms. The third-order valence-electron chi connectivity index (χ3n) is 4.17. The maximum absolute atomic E-state index is 12.5. The fourth-order valence-corrected chi connectivity index (χ4v) is 3.00. The second-order valence-corrected chi connectivity index (χ2v) is 5.52. The lowest BCUT2D eigenvalue weighted by Gasteiger charge is -2.29. The number of ether oxygens (including phenoxy) is 1. The van der Waals surface area contributed by atoms with Gasteiger partial charge in [-0.25, -0.2) is 0 Å². The van der Waals surface area contributed by atoms with Gasteiger partial charge in [-0.2, -0.15) is 0 Å². The van der Waals surface area contributed by atoms with Gasteiger partial charge < -0.3 is 20.5 Å². The number of aliphatic carboxylic acids is 1. The molecule has 2 aliphatic rings. The standard InChI is InChI=1S/C13H22N2O4/c1-2-3-13(4-5-14-8-13)12(18)15-10-7-19-6-9(10)11(16)17/h9-10,14H,2-8H2,1H3,(H,15,18)(H,16,17). The zero-order chi connectivity index (χ0) is 13.9. The first-order chi connectivity index (χ1) is 9.09. The first-order valence-corrected chi connectivity index (χ1v) is 6.91. The van der Waals surface area contributed by atoms with Gasteiger partial charge in [0.05, 0.1) is 24.7 Å². The molecule has 0 radical (unpaired) electrons.